The van der Waals surface area contributed by atoms with Crippen LogP contribution in [-0.4, -0.2) is 46.4 Å². The highest BCUT2D eigenvalue weighted by molar-refractivity contribution is 7.23. The van der Waals surface area contributed by atoms with Crippen LogP contribution in [-0.2, 0) is 4.79 Å². The Bertz CT molecular complexity index is 938. The van der Waals surface area contributed by atoms with Gasteiger partial charge in [-0.15, -0.1) is 22.7 Å². The second kappa shape index (κ2) is 7.22. The lowest BCUT2D eigenvalue weighted by molar-refractivity contribution is -0.118. The number of imide groups is 1. The summed E-state index contributed by atoms with van der Waals surface area (Å²) in [7, 11) is 0. The Balaban J connectivity index is 1.40. The molecular weight excluding hydrogens is 370 g/mol. The number of urea groups is 1. The van der Waals surface area contributed by atoms with Crippen LogP contribution in [0.4, 0.5) is 10.7 Å². The van der Waals surface area contributed by atoms with Crippen LogP contribution in [0.2, 0.25) is 0 Å². The largest absolute Gasteiger partial charge is 0.352 e. The molecule has 0 bridgehead atoms. The lowest BCUT2D eigenvalue weighted by Gasteiger charge is -2.13. The average molecular weight is 385 g/mol. The van der Waals surface area contributed by atoms with E-state index in [1.165, 1.54) is 14.7 Å². The molecule has 7 nitrogen and oxygen atoms in total. The van der Waals surface area contributed by atoms with Gasteiger partial charge >= 0.3 is 6.03 Å². The fraction of sp³-hybridized carbons (Fsp3) is 0.176. The molecule has 1 aliphatic rings. The van der Waals surface area contributed by atoms with Gasteiger partial charge in [-0.05, 0) is 29.6 Å². The Morgan fingerprint density at radius 2 is 2.04 bits per heavy atom. The first-order valence-electron chi connectivity index (χ1n) is 7.99. The molecule has 0 spiro atoms. The van der Waals surface area contributed by atoms with Gasteiger partial charge in [0.2, 0.25) is 11.9 Å². The maximum Gasteiger partial charge on any atom is 0.324 e. The van der Waals surface area contributed by atoms with E-state index in [9.17, 15) is 9.59 Å². The predicted octanol–water partition coefficient (Wildman–Crippen LogP) is 2.90. The van der Waals surface area contributed by atoms with Crippen molar-refractivity contribution in [2.24, 2.45) is 0 Å². The summed E-state index contributed by atoms with van der Waals surface area (Å²) in [6.07, 6.45) is 1.71. The zero-order chi connectivity index (χ0) is 17.9. The van der Waals surface area contributed by atoms with E-state index in [0.717, 1.165) is 10.6 Å². The second-order valence-corrected chi connectivity index (χ2v) is 7.64. The smallest absolute Gasteiger partial charge is 0.324 e. The SMILES string of the molecule is O=C1CN(CCNc2nccc(-c3ccc(-c4cccs4)s3)n2)C(=O)N1. The minimum absolute atomic E-state index is 0.0993. The Morgan fingerprint density at radius 1 is 1.15 bits per heavy atom. The summed E-state index contributed by atoms with van der Waals surface area (Å²) in [5, 5.41) is 7.42. The molecule has 4 heterocycles. The molecule has 1 saturated heterocycles. The molecule has 2 N–H and O–H groups in total. The number of rotatable bonds is 6. The molecule has 1 fully saturated rings. The lowest BCUT2D eigenvalue weighted by atomic mass is 10.3. The van der Waals surface area contributed by atoms with E-state index in [4.69, 9.17) is 0 Å². The molecule has 0 aliphatic carbocycles. The summed E-state index contributed by atoms with van der Waals surface area (Å²) < 4.78 is 0. The van der Waals surface area contributed by atoms with Gasteiger partial charge in [-0.1, -0.05) is 6.07 Å². The van der Waals surface area contributed by atoms with Crippen LogP contribution in [0.15, 0.2) is 41.9 Å². The zero-order valence-corrected chi connectivity index (χ0v) is 15.3. The van der Waals surface area contributed by atoms with Crippen LogP contribution < -0.4 is 10.6 Å². The van der Waals surface area contributed by atoms with E-state index in [1.807, 2.05) is 12.1 Å². The Hall–Kier alpha value is -2.78. The van der Waals surface area contributed by atoms with Crippen molar-refractivity contribution in [3.8, 4) is 20.3 Å². The number of carbonyl (C=O) groups is 2. The monoisotopic (exact) mass is 385 g/mol. The highest BCUT2D eigenvalue weighted by atomic mass is 32.1. The number of amides is 3. The predicted molar refractivity (Wildman–Crippen MR) is 102 cm³/mol. The van der Waals surface area contributed by atoms with Crippen LogP contribution in [0.25, 0.3) is 20.3 Å². The third kappa shape index (κ3) is 3.58. The summed E-state index contributed by atoms with van der Waals surface area (Å²) >= 11 is 3.41. The Morgan fingerprint density at radius 3 is 2.81 bits per heavy atom. The molecule has 0 atom stereocenters. The van der Waals surface area contributed by atoms with Crippen molar-refractivity contribution >= 4 is 40.6 Å². The van der Waals surface area contributed by atoms with E-state index < -0.39 is 0 Å². The van der Waals surface area contributed by atoms with Gasteiger partial charge in [0.1, 0.15) is 6.54 Å². The summed E-state index contributed by atoms with van der Waals surface area (Å²) in [4.78, 5) is 36.4. The zero-order valence-electron chi connectivity index (χ0n) is 13.6. The quantitative estimate of drug-likeness (QED) is 0.637. The standard InChI is InChI=1S/C17H15N5O2S2/c23-15-10-22(17(24)21-15)8-7-19-16-18-6-5-11(20-16)12-3-4-14(26-12)13-2-1-9-25-13/h1-6,9H,7-8,10H2,(H,18,19,20)(H,21,23,24). The number of thiophene rings is 2. The molecule has 3 aromatic rings. The van der Waals surface area contributed by atoms with Crippen LogP contribution in [0.5, 0.6) is 0 Å². The molecule has 9 heteroatoms. The maximum absolute atomic E-state index is 11.5. The fourth-order valence-electron chi connectivity index (χ4n) is 2.57. The van der Waals surface area contributed by atoms with E-state index in [1.54, 1.807) is 28.9 Å². The van der Waals surface area contributed by atoms with Gasteiger partial charge in [-0.3, -0.25) is 10.1 Å². The number of hydrogen-bond acceptors (Lipinski definition) is 7. The minimum atomic E-state index is -0.355. The van der Waals surface area contributed by atoms with Crippen LogP contribution in [0.1, 0.15) is 0 Å². The molecular formula is C17H15N5O2S2. The van der Waals surface area contributed by atoms with Crippen LogP contribution >= 0.6 is 22.7 Å². The number of aromatic nitrogens is 2. The normalized spacial score (nSPS) is 13.9. The van der Waals surface area contributed by atoms with Crippen molar-refractivity contribution in [3.05, 3.63) is 41.9 Å². The van der Waals surface area contributed by atoms with Crippen molar-refractivity contribution in [2.75, 3.05) is 25.0 Å². The molecule has 4 rings (SSSR count). The molecule has 0 radical (unpaired) electrons. The van der Waals surface area contributed by atoms with Gasteiger partial charge in [-0.25, -0.2) is 14.8 Å². The molecule has 3 aromatic heterocycles. The van der Waals surface area contributed by atoms with Gasteiger partial charge in [0.15, 0.2) is 0 Å². The molecule has 1 aliphatic heterocycles. The highest BCUT2D eigenvalue weighted by Gasteiger charge is 2.25. The molecule has 3 amide bonds. The first-order valence-corrected chi connectivity index (χ1v) is 9.68. The van der Waals surface area contributed by atoms with E-state index in [-0.39, 0.29) is 18.5 Å². The van der Waals surface area contributed by atoms with Crippen molar-refractivity contribution < 1.29 is 9.59 Å². The van der Waals surface area contributed by atoms with Crippen LogP contribution in [0, 0.1) is 0 Å². The van der Waals surface area contributed by atoms with Gasteiger partial charge < -0.3 is 10.2 Å². The van der Waals surface area contributed by atoms with Crippen LogP contribution in [0.3, 0.4) is 0 Å². The van der Waals surface area contributed by atoms with Gasteiger partial charge in [-0.2, -0.15) is 0 Å². The van der Waals surface area contributed by atoms with Gasteiger partial charge in [0.05, 0.1) is 10.6 Å². The van der Waals surface area contributed by atoms with Crippen molar-refractivity contribution in [1.82, 2.24) is 20.2 Å². The lowest BCUT2D eigenvalue weighted by Crippen LogP contribution is -2.32. The second-order valence-electron chi connectivity index (χ2n) is 5.61. The van der Waals surface area contributed by atoms with E-state index >= 15 is 0 Å². The summed E-state index contributed by atoms with van der Waals surface area (Å²) in [6.45, 7) is 0.976. The number of anilines is 1. The molecule has 26 heavy (non-hydrogen) atoms. The number of carbonyl (C=O) groups excluding carboxylic acids is 2. The highest BCUT2D eigenvalue weighted by Crippen LogP contribution is 2.35. The van der Waals surface area contributed by atoms with Crippen molar-refractivity contribution in [1.29, 1.82) is 0 Å². The minimum Gasteiger partial charge on any atom is -0.352 e. The maximum atomic E-state index is 11.5. The number of hydrogen-bond donors (Lipinski definition) is 2. The number of nitrogens with one attached hydrogen (secondary N) is 2. The van der Waals surface area contributed by atoms with Crippen molar-refractivity contribution in [3.63, 3.8) is 0 Å². The summed E-state index contributed by atoms with van der Waals surface area (Å²) in [5.41, 5.74) is 0.851. The molecule has 0 saturated carbocycles. The molecule has 0 unspecified atom stereocenters. The topological polar surface area (TPSA) is 87.2 Å². The fourth-order valence-corrected chi connectivity index (χ4v) is 4.38. The average Bonchev–Trinajstić information content (AvgIpc) is 3.36. The molecule has 0 aromatic carbocycles. The van der Waals surface area contributed by atoms with E-state index in [0.29, 0.717) is 19.0 Å². The Kier molecular flexibility index (Phi) is 4.63. The third-order valence-corrected chi connectivity index (χ3v) is 5.98. The summed E-state index contributed by atoms with van der Waals surface area (Å²) in [6, 6.07) is 9.83. The van der Waals surface area contributed by atoms with Gasteiger partial charge in [0.25, 0.3) is 0 Å². The Labute approximate surface area is 157 Å². The first kappa shape index (κ1) is 16.7. The first-order chi connectivity index (χ1) is 12.7. The third-order valence-electron chi connectivity index (χ3n) is 3.81. The van der Waals surface area contributed by atoms with Crippen molar-refractivity contribution in [2.45, 2.75) is 0 Å². The van der Waals surface area contributed by atoms with Gasteiger partial charge in [0, 0.05) is 29.0 Å². The number of nitrogens with zero attached hydrogens (tertiary/aromatic N) is 3. The van der Waals surface area contributed by atoms with E-state index in [2.05, 4.69) is 44.2 Å². The molecule has 132 valence electrons. The summed E-state index contributed by atoms with van der Waals surface area (Å²) in [5.74, 6) is 0.229.